The number of benzene rings is 1. The number of rotatable bonds is 5. The van der Waals surface area contributed by atoms with Gasteiger partial charge in [0, 0.05) is 18.0 Å². The molecule has 0 radical (unpaired) electrons. The van der Waals surface area contributed by atoms with Gasteiger partial charge in [-0.15, -0.1) is 0 Å². The van der Waals surface area contributed by atoms with Crippen LogP contribution in [-0.4, -0.2) is 16.2 Å². The van der Waals surface area contributed by atoms with Crippen molar-refractivity contribution in [3.05, 3.63) is 59.4 Å². The Kier molecular flexibility index (Phi) is 4.74. The Labute approximate surface area is 120 Å². The number of aliphatic hydroxyl groups is 1. The molecule has 0 fully saturated rings. The summed E-state index contributed by atoms with van der Waals surface area (Å²) in [4.78, 5) is 4.12. The van der Waals surface area contributed by atoms with Crippen LogP contribution in [0.5, 0.6) is 5.75 Å². The lowest BCUT2D eigenvalue weighted by atomic mass is 9.96. The molecule has 0 aliphatic heterocycles. The largest absolute Gasteiger partial charge is 0.491 e. The van der Waals surface area contributed by atoms with Crippen molar-refractivity contribution in [2.45, 2.75) is 39.4 Å². The predicted octanol–water partition coefficient (Wildman–Crippen LogP) is 3.51. The molecule has 1 aromatic carbocycles. The number of para-hydroxylation sites is 1. The van der Waals surface area contributed by atoms with Crippen LogP contribution in [-0.2, 0) is 6.42 Å². The Morgan fingerprint density at radius 2 is 1.90 bits per heavy atom. The van der Waals surface area contributed by atoms with Crippen molar-refractivity contribution in [1.82, 2.24) is 4.98 Å². The van der Waals surface area contributed by atoms with Gasteiger partial charge in [0.15, 0.2) is 0 Å². The SMILES string of the molecule is CCc1cnccc1C(O)c1ccccc1OC(C)C. The minimum atomic E-state index is -0.692. The van der Waals surface area contributed by atoms with Gasteiger partial charge in [-0.1, -0.05) is 25.1 Å². The summed E-state index contributed by atoms with van der Waals surface area (Å²) in [7, 11) is 0. The molecule has 1 heterocycles. The summed E-state index contributed by atoms with van der Waals surface area (Å²) in [6.45, 7) is 6.02. The van der Waals surface area contributed by atoms with Crippen LogP contribution in [0.4, 0.5) is 0 Å². The smallest absolute Gasteiger partial charge is 0.125 e. The third-order valence-corrected chi connectivity index (χ3v) is 3.19. The van der Waals surface area contributed by atoms with Crippen LogP contribution in [0.1, 0.15) is 43.6 Å². The van der Waals surface area contributed by atoms with Gasteiger partial charge in [0.05, 0.1) is 6.10 Å². The average molecular weight is 271 g/mol. The van der Waals surface area contributed by atoms with Gasteiger partial charge in [-0.2, -0.15) is 0 Å². The van der Waals surface area contributed by atoms with E-state index in [-0.39, 0.29) is 6.10 Å². The van der Waals surface area contributed by atoms with E-state index in [0.29, 0.717) is 0 Å². The second kappa shape index (κ2) is 6.53. The van der Waals surface area contributed by atoms with Crippen LogP contribution in [0, 0.1) is 0 Å². The molecule has 0 saturated carbocycles. The van der Waals surface area contributed by atoms with E-state index in [1.165, 1.54) is 0 Å². The first kappa shape index (κ1) is 14.5. The summed E-state index contributed by atoms with van der Waals surface area (Å²) < 4.78 is 5.79. The van der Waals surface area contributed by atoms with Crippen molar-refractivity contribution in [2.75, 3.05) is 0 Å². The highest BCUT2D eigenvalue weighted by Gasteiger charge is 2.18. The normalized spacial score (nSPS) is 12.4. The minimum absolute atomic E-state index is 0.0754. The van der Waals surface area contributed by atoms with E-state index in [9.17, 15) is 5.11 Å². The van der Waals surface area contributed by atoms with Gasteiger partial charge >= 0.3 is 0 Å². The van der Waals surface area contributed by atoms with Crippen LogP contribution in [0.2, 0.25) is 0 Å². The van der Waals surface area contributed by atoms with Crippen LogP contribution in [0.3, 0.4) is 0 Å². The van der Waals surface area contributed by atoms with Crippen molar-refractivity contribution < 1.29 is 9.84 Å². The Morgan fingerprint density at radius 1 is 1.15 bits per heavy atom. The molecule has 1 aromatic heterocycles. The molecule has 1 unspecified atom stereocenters. The van der Waals surface area contributed by atoms with Crippen LogP contribution in [0.15, 0.2) is 42.7 Å². The van der Waals surface area contributed by atoms with Gasteiger partial charge in [0.25, 0.3) is 0 Å². The van der Waals surface area contributed by atoms with E-state index in [1.54, 1.807) is 6.20 Å². The molecule has 0 spiro atoms. The molecule has 0 aliphatic carbocycles. The first-order valence-corrected chi connectivity index (χ1v) is 7.00. The second-order valence-electron chi connectivity index (χ2n) is 5.04. The number of aryl methyl sites for hydroxylation is 1. The highest BCUT2D eigenvalue weighted by atomic mass is 16.5. The first-order valence-electron chi connectivity index (χ1n) is 7.00. The van der Waals surface area contributed by atoms with Crippen molar-refractivity contribution in [3.8, 4) is 5.75 Å². The van der Waals surface area contributed by atoms with Gasteiger partial charge in [-0.25, -0.2) is 0 Å². The van der Waals surface area contributed by atoms with Gasteiger partial charge in [0.2, 0.25) is 0 Å². The standard InChI is InChI=1S/C17H21NO2/c1-4-13-11-18-10-9-14(13)17(19)15-7-5-6-8-16(15)20-12(2)3/h5-12,17,19H,4H2,1-3H3. The molecule has 0 aliphatic rings. The molecular formula is C17H21NO2. The van der Waals surface area contributed by atoms with E-state index in [1.807, 2.05) is 50.4 Å². The lowest BCUT2D eigenvalue weighted by Gasteiger charge is -2.19. The molecule has 0 bridgehead atoms. The van der Waals surface area contributed by atoms with E-state index < -0.39 is 6.10 Å². The fourth-order valence-corrected chi connectivity index (χ4v) is 2.24. The first-order chi connectivity index (χ1) is 9.63. The molecule has 20 heavy (non-hydrogen) atoms. The number of pyridine rings is 1. The molecule has 1 atom stereocenters. The van der Waals surface area contributed by atoms with Gasteiger partial charge in [-0.05, 0) is 43.5 Å². The Morgan fingerprint density at radius 3 is 2.60 bits per heavy atom. The van der Waals surface area contributed by atoms with E-state index in [4.69, 9.17) is 4.74 Å². The summed E-state index contributed by atoms with van der Waals surface area (Å²) in [6, 6.07) is 9.50. The van der Waals surface area contributed by atoms with Crippen LogP contribution >= 0.6 is 0 Å². The van der Waals surface area contributed by atoms with Crippen LogP contribution < -0.4 is 4.74 Å². The fraction of sp³-hybridized carbons (Fsp3) is 0.353. The zero-order valence-corrected chi connectivity index (χ0v) is 12.2. The topological polar surface area (TPSA) is 42.4 Å². The fourth-order valence-electron chi connectivity index (χ4n) is 2.24. The molecule has 3 nitrogen and oxygen atoms in total. The average Bonchev–Trinajstić information content (AvgIpc) is 2.46. The number of hydrogen-bond acceptors (Lipinski definition) is 3. The van der Waals surface area contributed by atoms with Crippen molar-refractivity contribution in [1.29, 1.82) is 0 Å². The monoisotopic (exact) mass is 271 g/mol. The molecular weight excluding hydrogens is 250 g/mol. The van der Waals surface area contributed by atoms with Crippen molar-refractivity contribution >= 4 is 0 Å². The Balaban J connectivity index is 2.40. The maximum Gasteiger partial charge on any atom is 0.125 e. The van der Waals surface area contributed by atoms with Crippen LogP contribution in [0.25, 0.3) is 0 Å². The maximum absolute atomic E-state index is 10.7. The van der Waals surface area contributed by atoms with Gasteiger partial charge in [0.1, 0.15) is 11.9 Å². The van der Waals surface area contributed by atoms with E-state index in [2.05, 4.69) is 11.9 Å². The summed E-state index contributed by atoms with van der Waals surface area (Å²) in [6.07, 6.45) is 3.75. The molecule has 2 rings (SSSR count). The summed E-state index contributed by atoms with van der Waals surface area (Å²) in [5.74, 6) is 0.730. The third kappa shape index (κ3) is 3.17. The van der Waals surface area contributed by atoms with Gasteiger partial charge in [-0.3, -0.25) is 4.98 Å². The Bertz CT molecular complexity index is 566. The number of nitrogens with zero attached hydrogens (tertiary/aromatic N) is 1. The number of hydrogen-bond donors (Lipinski definition) is 1. The van der Waals surface area contributed by atoms with Crippen molar-refractivity contribution in [2.24, 2.45) is 0 Å². The highest BCUT2D eigenvalue weighted by Crippen LogP contribution is 2.31. The molecule has 0 amide bonds. The predicted molar refractivity (Wildman–Crippen MR) is 79.9 cm³/mol. The number of ether oxygens (including phenoxy) is 1. The summed E-state index contributed by atoms with van der Waals surface area (Å²) in [5, 5.41) is 10.7. The maximum atomic E-state index is 10.7. The lowest BCUT2D eigenvalue weighted by molar-refractivity contribution is 0.197. The molecule has 2 aromatic rings. The number of aliphatic hydroxyl groups excluding tert-OH is 1. The summed E-state index contributed by atoms with van der Waals surface area (Å²) in [5.41, 5.74) is 2.74. The highest BCUT2D eigenvalue weighted by molar-refractivity contribution is 5.42. The number of aromatic nitrogens is 1. The third-order valence-electron chi connectivity index (χ3n) is 3.19. The quantitative estimate of drug-likeness (QED) is 0.904. The molecule has 3 heteroatoms. The van der Waals surface area contributed by atoms with E-state index in [0.717, 1.165) is 28.9 Å². The van der Waals surface area contributed by atoms with Crippen molar-refractivity contribution in [3.63, 3.8) is 0 Å². The summed E-state index contributed by atoms with van der Waals surface area (Å²) >= 11 is 0. The molecule has 106 valence electrons. The molecule has 0 saturated heterocycles. The second-order valence-corrected chi connectivity index (χ2v) is 5.04. The lowest BCUT2D eigenvalue weighted by Crippen LogP contribution is -2.11. The van der Waals surface area contributed by atoms with Gasteiger partial charge < -0.3 is 9.84 Å². The minimum Gasteiger partial charge on any atom is -0.491 e. The molecule has 1 N–H and O–H groups in total. The zero-order chi connectivity index (χ0) is 14.5. The Hall–Kier alpha value is -1.87. The van der Waals surface area contributed by atoms with E-state index >= 15 is 0 Å². The zero-order valence-electron chi connectivity index (χ0n) is 12.2.